The topological polar surface area (TPSA) is 84.7 Å². The maximum atomic E-state index is 10.7. The van der Waals surface area contributed by atoms with Crippen LogP contribution in [0.3, 0.4) is 0 Å². The first-order valence-corrected chi connectivity index (χ1v) is 10.4. The molecule has 4 rings (SSSR count). The number of phenols is 2. The van der Waals surface area contributed by atoms with E-state index in [1.165, 1.54) is 7.11 Å². The molecule has 0 saturated heterocycles. The zero-order chi connectivity index (χ0) is 23.4. The van der Waals surface area contributed by atoms with E-state index in [0.29, 0.717) is 51.8 Å². The van der Waals surface area contributed by atoms with E-state index in [1.54, 1.807) is 37.5 Å². The molecule has 0 unspecified atom stereocenters. The smallest absolute Gasteiger partial charge is 0.167 e. The molecule has 0 fully saturated rings. The second-order valence-electron chi connectivity index (χ2n) is 7.39. The largest absolute Gasteiger partial charge is 0.507 e. The van der Waals surface area contributed by atoms with Crippen LogP contribution in [0.15, 0.2) is 79.4 Å². The Balaban J connectivity index is 0.00000324. The number of rotatable bonds is 7. The van der Waals surface area contributed by atoms with Crippen LogP contribution in [0, 0.1) is 0 Å². The first-order chi connectivity index (χ1) is 16.0. The minimum Gasteiger partial charge on any atom is -0.507 e. The molecule has 173 valence electrons. The predicted octanol–water partition coefficient (Wildman–Crippen LogP) is 5.63. The number of pyridine rings is 2. The van der Waals surface area contributed by atoms with E-state index in [9.17, 15) is 10.2 Å². The number of aromatic nitrogens is 2. The summed E-state index contributed by atoms with van der Waals surface area (Å²) in [5.41, 5.74) is 4.52. The first kappa shape index (κ1) is 24.8. The van der Waals surface area contributed by atoms with Gasteiger partial charge in [-0.25, -0.2) is 9.97 Å². The Labute approximate surface area is 209 Å². The molecule has 0 saturated carbocycles. The van der Waals surface area contributed by atoms with Crippen LogP contribution in [0.2, 0.25) is 0 Å². The third-order valence-electron chi connectivity index (χ3n) is 5.25. The van der Waals surface area contributed by atoms with Gasteiger partial charge in [-0.15, -0.1) is 6.58 Å². The Hall–Kier alpha value is -3.80. The van der Waals surface area contributed by atoms with Crippen LogP contribution < -0.4 is 9.47 Å². The molecule has 1 radical (unpaired) electrons. The summed E-state index contributed by atoms with van der Waals surface area (Å²) in [6.45, 7) is 3.79. The van der Waals surface area contributed by atoms with Crippen molar-refractivity contribution in [3.63, 3.8) is 0 Å². The molecule has 2 heterocycles. The van der Waals surface area contributed by atoms with Gasteiger partial charge in [0.25, 0.3) is 0 Å². The van der Waals surface area contributed by atoms with Crippen molar-refractivity contribution in [1.29, 1.82) is 0 Å². The van der Waals surface area contributed by atoms with E-state index >= 15 is 0 Å². The number of phenolic OH excluding ortho intramolecular Hbond substituents is 2. The maximum absolute atomic E-state index is 10.7. The monoisotopic (exact) mass is 495 g/mol. The van der Waals surface area contributed by atoms with Crippen molar-refractivity contribution in [3.05, 3.63) is 84.9 Å². The summed E-state index contributed by atoms with van der Waals surface area (Å²) < 4.78 is 10.6. The fourth-order valence-electron chi connectivity index (χ4n) is 3.60. The number of ether oxygens (including phenoxy) is 2. The Morgan fingerprint density at radius 2 is 1.41 bits per heavy atom. The van der Waals surface area contributed by atoms with Gasteiger partial charge >= 0.3 is 0 Å². The molecule has 0 atom stereocenters. The summed E-state index contributed by atoms with van der Waals surface area (Å²) in [7, 11) is 3.09. The zero-order valence-corrected chi connectivity index (χ0v) is 20.0. The molecule has 7 heteroatoms. The minimum absolute atomic E-state index is 0. The van der Waals surface area contributed by atoms with Gasteiger partial charge in [0.15, 0.2) is 11.5 Å². The molecule has 4 aromatic rings. The molecule has 0 amide bonds. The molecule has 0 aliphatic carbocycles. The van der Waals surface area contributed by atoms with Gasteiger partial charge in [-0.1, -0.05) is 18.2 Å². The summed E-state index contributed by atoms with van der Waals surface area (Å²) in [6.07, 6.45) is 2.43. The van der Waals surface area contributed by atoms with Gasteiger partial charge in [-0.2, -0.15) is 0 Å². The van der Waals surface area contributed by atoms with E-state index in [0.717, 1.165) is 5.56 Å². The van der Waals surface area contributed by atoms with Crippen LogP contribution in [0.5, 0.6) is 23.0 Å². The fourth-order valence-corrected chi connectivity index (χ4v) is 3.60. The summed E-state index contributed by atoms with van der Waals surface area (Å²) in [6, 6.07) is 19.7. The van der Waals surface area contributed by atoms with Gasteiger partial charge in [0.2, 0.25) is 0 Å². The summed E-state index contributed by atoms with van der Waals surface area (Å²) in [5.74, 6) is 1.14. The van der Waals surface area contributed by atoms with E-state index in [1.807, 2.05) is 42.5 Å². The molecule has 6 nitrogen and oxygen atoms in total. The number of nitrogens with zero attached hydrogens (tertiary/aromatic N) is 2. The number of aromatic hydroxyl groups is 2. The van der Waals surface area contributed by atoms with Crippen LogP contribution in [0.25, 0.3) is 33.9 Å². The Morgan fingerprint density at radius 3 is 2.00 bits per heavy atom. The van der Waals surface area contributed by atoms with Crippen LogP contribution in [0.1, 0.15) is 5.56 Å². The zero-order valence-electron chi connectivity index (χ0n) is 18.8. The standard InChI is InChI=1S/C27H24N2O4.Mn/c1-4-7-17-14-20(27(31)26(15-17)33-3)22-9-6-11-24(29-22)23-10-5-8-21(28-23)19-16-18(32-2)12-13-25(19)30;/h4-6,8-16,30-31H,1,7H2,2-3H3;. The van der Waals surface area contributed by atoms with Crippen molar-refractivity contribution in [2.45, 2.75) is 6.42 Å². The van der Waals surface area contributed by atoms with Gasteiger partial charge in [-0.3, -0.25) is 0 Å². The number of methoxy groups -OCH3 is 2. The average molecular weight is 495 g/mol. The summed E-state index contributed by atoms with van der Waals surface area (Å²) in [5, 5.41) is 21.1. The van der Waals surface area contributed by atoms with E-state index in [2.05, 4.69) is 6.58 Å². The number of hydrogen-bond acceptors (Lipinski definition) is 6. The van der Waals surface area contributed by atoms with Gasteiger partial charge < -0.3 is 19.7 Å². The predicted molar refractivity (Wildman–Crippen MR) is 129 cm³/mol. The maximum Gasteiger partial charge on any atom is 0.167 e. The normalized spacial score (nSPS) is 10.3. The van der Waals surface area contributed by atoms with E-state index in [4.69, 9.17) is 19.4 Å². The summed E-state index contributed by atoms with van der Waals surface area (Å²) in [4.78, 5) is 9.46. The van der Waals surface area contributed by atoms with Crippen molar-refractivity contribution >= 4 is 0 Å². The van der Waals surface area contributed by atoms with E-state index < -0.39 is 0 Å². The molecular formula is C27H24MnN2O4. The molecule has 2 aromatic heterocycles. The van der Waals surface area contributed by atoms with Gasteiger partial charge in [-0.05, 0) is 66.6 Å². The van der Waals surface area contributed by atoms with Crippen LogP contribution >= 0.6 is 0 Å². The molecule has 2 aromatic carbocycles. The molecule has 34 heavy (non-hydrogen) atoms. The Bertz CT molecular complexity index is 1320. The molecule has 2 N–H and O–H groups in total. The first-order valence-electron chi connectivity index (χ1n) is 10.4. The molecule has 0 bridgehead atoms. The van der Waals surface area contributed by atoms with Crippen molar-refractivity contribution in [1.82, 2.24) is 9.97 Å². The van der Waals surface area contributed by atoms with Crippen LogP contribution in [-0.2, 0) is 23.5 Å². The third-order valence-corrected chi connectivity index (χ3v) is 5.25. The summed E-state index contributed by atoms with van der Waals surface area (Å²) >= 11 is 0. The number of allylic oxidation sites excluding steroid dienone is 1. The van der Waals surface area contributed by atoms with Crippen LogP contribution in [0.4, 0.5) is 0 Å². The second-order valence-corrected chi connectivity index (χ2v) is 7.39. The average Bonchev–Trinajstić information content (AvgIpc) is 2.85. The van der Waals surface area contributed by atoms with Gasteiger partial charge in [0.1, 0.15) is 11.5 Å². The molecule has 0 aliphatic heterocycles. The SMILES string of the molecule is C=CCc1cc(OC)c(O)c(-c2cccc(-c3cccc(-c4cc(OC)ccc4O)n3)n2)c1.[Mn]. The van der Waals surface area contributed by atoms with Gasteiger partial charge in [0.05, 0.1) is 37.0 Å². The quantitative estimate of drug-likeness (QED) is 0.255. The Morgan fingerprint density at radius 1 is 0.794 bits per heavy atom. The van der Waals surface area contributed by atoms with Crippen molar-refractivity contribution in [2.24, 2.45) is 0 Å². The number of hydrogen-bond donors (Lipinski definition) is 2. The van der Waals surface area contributed by atoms with Crippen LogP contribution in [-0.4, -0.2) is 34.4 Å². The fraction of sp³-hybridized carbons (Fsp3) is 0.111. The molecule has 0 aliphatic rings. The third kappa shape index (κ3) is 5.06. The molecule has 0 spiro atoms. The Kier molecular flexibility index (Phi) is 7.95. The van der Waals surface area contributed by atoms with Crippen molar-refractivity contribution in [3.8, 4) is 56.9 Å². The van der Waals surface area contributed by atoms with Crippen molar-refractivity contribution in [2.75, 3.05) is 14.2 Å². The minimum atomic E-state index is 0. The van der Waals surface area contributed by atoms with Gasteiger partial charge in [0, 0.05) is 28.2 Å². The second kappa shape index (κ2) is 10.9. The number of benzene rings is 2. The van der Waals surface area contributed by atoms with Crippen molar-refractivity contribution < 1.29 is 36.8 Å². The van der Waals surface area contributed by atoms with E-state index in [-0.39, 0.29) is 28.6 Å². The molecular weight excluding hydrogens is 471 g/mol.